The van der Waals surface area contributed by atoms with Gasteiger partial charge in [-0.15, -0.1) is 0 Å². The molecule has 0 radical (unpaired) electrons. The Morgan fingerprint density at radius 3 is 2.07 bits per heavy atom. The zero-order valence-electron chi connectivity index (χ0n) is 11.1. The van der Waals surface area contributed by atoms with Gasteiger partial charge in [-0.1, -0.05) is 27.7 Å². The number of hydrogen-bond donors (Lipinski definition) is 1. The number of aromatic nitrogens is 2. The second kappa shape index (κ2) is 10.8. The van der Waals surface area contributed by atoms with Gasteiger partial charge in [0.25, 0.3) is 0 Å². The van der Waals surface area contributed by atoms with Gasteiger partial charge < -0.3 is 9.88 Å². The Kier molecular flexibility index (Phi) is 11.7. The fourth-order valence-corrected chi connectivity index (χ4v) is 0.941. The molecule has 15 heavy (non-hydrogen) atoms. The van der Waals surface area contributed by atoms with Crippen LogP contribution in [0.15, 0.2) is 12.4 Å². The van der Waals surface area contributed by atoms with Crippen LogP contribution in [0.1, 0.15) is 39.2 Å². The van der Waals surface area contributed by atoms with Gasteiger partial charge in [-0.2, -0.15) is 0 Å². The Hall–Kier alpha value is -1.25. The van der Waals surface area contributed by atoms with Crippen molar-refractivity contribution in [2.45, 2.75) is 41.5 Å². The van der Waals surface area contributed by atoms with Crippen molar-refractivity contribution in [1.82, 2.24) is 14.9 Å². The molecule has 0 saturated carbocycles. The normalized spacial score (nSPS) is 8.73. The van der Waals surface area contributed by atoms with E-state index in [1.165, 1.54) is 0 Å². The summed E-state index contributed by atoms with van der Waals surface area (Å²) in [5, 5.41) is 2.93. The molecule has 0 fully saturated rings. The number of imidazole rings is 1. The van der Waals surface area contributed by atoms with Crippen molar-refractivity contribution in [1.29, 1.82) is 0 Å². The molecule has 1 N–H and O–H groups in total. The maximum Gasteiger partial charge on any atom is 0.109 e. The molecule has 0 bridgehead atoms. The van der Waals surface area contributed by atoms with Crippen LogP contribution in [0, 0.1) is 13.8 Å². The third-order valence-corrected chi connectivity index (χ3v) is 1.56. The van der Waals surface area contributed by atoms with Gasteiger partial charge in [-0.25, -0.2) is 4.98 Å². The standard InChI is InChI=1S/C8H13N3.2C2H6/c1-7-6-10-8(2)11(7)5-4-9-3;2*1-2/h4-6,9H,1-3H3;2*1-2H3/b5-4-;;. The number of aryl methyl sites for hydroxylation is 2. The number of nitrogens with zero attached hydrogens (tertiary/aromatic N) is 2. The lowest BCUT2D eigenvalue weighted by atomic mass is 10.5. The Morgan fingerprint density at radius 2 is 1.73 bits per heavy atom. The van der Waals surface area contributed by atoms with Crippen LogP contribution in [-0.2, 0) is 0 Å². The second-order valence-electron chi connectivity index (χ2n) is 2.42. The van der Waals surface area contributed by atoms with Crippen molar-refractivity contribution in [3.63, 3.8) is 0 Å². The van der Waals surface area contributed by atoms with E-state index in [4.69, 9.17) is 0 Å². The van der Waals surface area contributed by atoms with Crippen molar-refractivity contribution in [2.75, 3.05) is 7.05 Å². The summed E-state index contributed by atoms with van der Waals surface area (Å²) in [6.45, 7) is 12.0. The van der Waals surface area contributed by atoms with Crippen molar-refractivity contribution >= 4 is 6.20 Å². The lowest BCUT2D eigenvalue weighted by Crippen LogP contribution is -1.97. The van der Waals surface area contributed by atoms with E-state index in [0.29, 0.717) is 0 Å². The highest BCUT2D eigenvalue weighted by atomic mass is 15.1. The topological polar surface area (TPSA) is 29.9 Å². The molecular weight excluding hydrogens is 186 g/mol. The molecule has 1 aromatic heterocycles. The van der Waals surface area contributed by atoms with Gasteiger partial charge in [0, 0.05) is 31.3 Å². The van der Waals surface area contributed by atoms with Gasteiger partial charge in [0.15, 0.2) is 0 Å². The summed E-state index contributed by atoms with van der Waals surface area (Å²) in [6, 6.07) is 0. The quantitative estimate of drug-likeness (QED) is 0.814. The molecule has 0 saturated heterocycles. The van der Waals surface area contributed by atoms with E-state index >= 15 is 0 Å². The van der Waals surface area contributed by atoms with E-state index in [1.807, 2.05) is 71.8 Å². The van der Waals surface area contributed by atoms with Gasteiger partial charge in [0.1, 0.15) is 5.82 Å². The van der Waals surface area contributed by atoms with Gasteiger partial charge in [0.05, 0.1) is 0 Å². The molecule has 1 aromatic rings. The average Bonchev–Trinajstić information content (AvgIpc) is 2.62. The molecule has 3 heteroatoms. The zero-order chi connectivity index (χ0) is 12.3. The highest BCUT2D eigenvalue weighted by Gasteiger charge is 1.96. The first-order valence-electron chi connectivity index (χ1n) is 5.60. The van der Waals surface area contributed by atoms with Crippen LogP contribution in [-0.4, -0.2) is 16.6 Å². The van der Waals surface area contributed by atoms with E-state index < -0.39 is 0 Å². The molecule has 0 aromatic carbocycles. The highest BCUT2D eigenvalue weighted by Crippen LogP contribution is 2.02. The largest absolute Gasteiger partial charge is 0.393 e. The van der Waals surface area contributed by atoms with Crippen molar-refractivity contribution in [3.8, 4) is 0 Å². The molecule has 0 atom stereocenters. The third kappa shape index (κ3) is 5.94. The minimum absolute atomic E-state index is 1.01. The SMILES string of the molecule is CC.CC.CN/C=C\n1c(C)cnc1C. The summed E-state index contributed by atoms with van der Waals surface area (Å²) in [5.41, 5.74) is 1.15. The Balaban J connectivity index is 0. The molecule has 0 aliphatic rings. The van der Waals surface area contributed by atoms with Crippen molar-refractivity contribution in [2.24, 2.45) is 0 Å². The Labute approximate surface area is 94.2 Å². The van der Waals surface area contributed by atoms with E-state index in [-0.39, 0.29) is 0 Å². The molecule has 88 valence electrons. The van der Waals surface area contributed by atoms with Crippen molar-refractivity contribution < 1.29 is 0 Å². The molecule has 0 spiro atoms. The van der Waals surface area contributed by atoms with Gasteiger partial charge in [-0.3, -0.25) is 0 Å². The summed E-state index contributed by atoms with van der Waals surface area (Å²) in [6.07, 6.45) is 5.69. The van der Waals surface area contributed by atoms with E-state index in [0.717, 1.165) is 11.5 Å². The first-order chi connectivity index (χ1) is 7.25. The minimum Gasteiger partial charge on any atom is -0.393 e. The van der Waals surface area contributed by atoms with Gasteiger partial charge in [-0.05, 0) is 13.8 Å². The lowest BCUT2D eigenvalue weighted by molar-refractivity contribution is 0.979. The van der Waals surface area contributed by atoms with Crippen LogP contribution in [0.25, 0.3) is 6.20 Å². The zero-order valence-corrected chi connectivity index (χ0v) is 11.1. The maximum atomic E-state index is 4.15. The summed E-state index contributed by atoms with van der Waals surface area (Å²) in [5.74, 6) is 1.01. The summed E-state index contributed by atoms with van der Waals surface area (Å²) in [4.78, 5) is 4.15. The number of rotatable bonds is 2. The molecule has 3 nitrogen and oxygen atoms in total. The molecule has 0 unspecified atom stereocenters. The second-order valence-corrected chi connectivity index (χ2v) is 2.42. The predicted octanol–water partition coefficient (Wildman–Crippen LogP) is 3.20. The molecule has 1 heterocycles. The van der Waals surface area contributed by atoms with Crippen LogP contribution < -0.4 is 5.32 Å². The fraction of sp³-hybridized carbons (Fsp3) is 0.583. The third-order valence-electron chi connectivity index (χ3n) is 1.56. The van der Waals surface area contributed by atoms with Crippen LogP contribution in [0.3, 0.4) is 0 Å². The van der Waals surface area contributed by atoms with Crippen LogP contribution >= 0.6 is 0 Å². The van der Waals surface area contributed by atoms with Crippen LogP contribution in [0.2, 0.25) is 0 Å². The maximum absolute atomic E-state index is 4.15. The summed E-state index contributed by atoms with van der Waals surface area (Å²) in [7, 11) is 1.87. The lowest BCUT2D eigenvalue weighted by Gasteiger charge is -1.98. The summed E-state index contributed by atoms with van der Waals surface area (Å²) < 4.78 is 2.02. The van der Waals surface area contributed by atoms with E-state index in [1.54, 1.807) is 0 Å². The molecule has 0 aliphatic carbocycles. The fourth-order valence-electron chi connectivity index (χ4n) is 0.941. The average molecular weight is 211 g/mol. The molecule has 1 rings (SSSR count). The highest BCUT2D eigenvalue weighted by molar-refractivity contribution is 5.27. The van der Waals surface area contributed by atoms with E-state index in [9.17, 15) is 0 Å². The molecule has 0 aliphatic heterocycles. The Morgan fingerprint density at radius 1 is 1.20 bits per heavy atom. The molecule has 0 amide bonds. The number of hydrogen-bond acceptors (Lipinski definition) is 2. The van der Waals surface area contributed by atoms with Crippen LogP contribution in [0.5, 0.6) is 0 Å². The van der Waals surface area contributed by atoms with Gasteiger partial charge in [0.2, 0.25) is 0 Å². The first kappa shape index (κ1) is 16.2. The smallest absolute Gasteiger partial charge is 0.109 e. The summed E-state index contributed by atoms with van der Waals surface area (Å²) >= 11 is 0. The first-order valence-corrected chi connectivity index (χ1v) is 5.60. The van der Waals surface area contributed by atoms with Crippen molar-refractivity contribution in [3.05, 3.63) is 23.9 Å². The Bertz CT molecular complexity index is 242. The van der Waals surface area contributed by atoms with Gasteiger partial charge >= 0.3 is 0 Å². The van der Waals surface area contributed by atoms with E-state index in [2.05, 4.69) is 10.3 Å². The monoisotopic (exact) mass is 211 g/mol. The molecular formula is C12H25N3. The minimum atomic E-state index is 1.01. The van der Waals surface area contributed by atoms with Crippen LogP contribution in [0.4, 0.5) is 0 Å². The predicted molar refractivity (Wildman–Crippen MR) is 68.8 cm³/mol. The number of nitrogens with one attached hydrogen (secondary N) is 1.